The molecule has 1 aromatic heterocycles. The molecule has 168 valence electrons. The van der Waals surface area contributed by atoms with Gasteiger partial charge >= 0.3 is 0 Å². The molecule has 0 saturated carbocycles. The molecule has 0 unspecified atom stereocenters. The van der Waals surface area contributed by atoms with Crippen LogP contribution in [0.4, 0.5) is 5.69 Å². The van der Waals surface area contributed by atoms with E-state index >= 15 is 0 Å². The summed E-state index contributed by atoms with van der Waals surface area (Å²) >= 11 is 1.29. The van der Waals surface area contributed by atoms with Gasteiger partial charge in [-0.05, 0) is 47.2 Å². The van der Waals surface area contributed by atoms with Crippen molar-refractivity contribution in [3.8, 4) is 0 Å². The molecule has 7 nitrogen and oxygen atoms in total. The fourth-order valence-electron chi connectivity index (χ4n) is 4.00. The van der Waals surface area contributed by atoms with Crippen LogP contribution in [0.25, 0.3) is 17.0 Å². The van der Waals surface area contributed by atoms with E-state index in [1.807, 2.05) is 60.8 Å². The highest BCUT2D eigenvalue weighted by atomic mass is 32.2. The number of aliphatic imine (C=N–C) groups is 1. The molecule has 2 aliphatic rings. The van der Waals surface area contributed by atoms with Gasteiger partial charge < -0.3 is 20.1 Å². The number of aliphatic hydroxyl groups is 1. The van der Waals surface area contributed by atoms with Gasteiger partial charge in [-0.25, -0.2) is 0 Å². The largest absolute Gasteiger partial charge is 0.394 e. The first-order chi connectivity index (χ1) is 16.2. The number of carbonyl (C=O) groups is 1. The second-order valence-corrected chi connectivity index (χ2v) is 8.84. The van der Waals surface area contributed by atoms with E-state index in [0.29, 0.717) is 23.3 Å². The van der Waals surface area contributed by atoms with Crippen molar-refractivity contribution in [3.05, 3.63) is 76.8 Å². The van der Waals surface area contributed by atoms with Gasteiger partial charge in [-0.3, -0.25) is 14.8 Å². The Labute approximate surface area is 196 Å². The molecule has 0 spiro atoms. The molecule has 3 aromatic rings. The Morgan fingerprint density at radius 2 is 2.00 bits per heavy atom. The first-order valence-electron chi connectivity index (χ1n) is 10.9. The van der Waals surface area contributed by atoms with Crippen molar-refractivity contribution in [2.45, 2.75) is 6.04 Å². The number of benzene rings is 2. The predicted molar refractivity (Wildman–Crippen MR) is 132 cm³/mol. The second kappa shape index (κ2) is 9.74. The molecule has 2 saturated heterocycles. The molecular weight excluding hydrogens is 436 g/mol. The van der Waals surface area contributed by atoms with E-state index < -0.39 is 6.04 Å². The average molecular weight is 461 g/mol. The quantitative estimate of drug-likeness (QED) is 0.568. The maximum absolute atomic E-state index is 12.6. The zero-order valence-electron chi connectivity index (χ0n) is 18.0. The number of thioether (sulfide) groups is 1. The van der Waals surface area contributed by atoms with Crippen molar-refractivity contribution in [2.24, 2.45) is 4.99 Å². The zero-order chi connectivity index (χ0) is 22.6. The zero-order valence-corrected chi connectivity index (χ0v) is 18.8. The summed E-state index contributed by atoms with van der Waals surface area (Å²) in [5.41, 5.74) is 3.87. The summed E-state index contributed by atoms with van der Waals surface area (Å²) in [5.74, 6) is -0.191. The third-order valence-electron chi connectivity index (χ3n) is 5.67. The molecule has 8 heteroatoms. The maximum atomic E-state index is 12.6. The number of aliphatic hydroxyl groups excluding tert-OH is 1. The molecule has 0 radical (unpaired) electrons. The van der Waals surface area contributed by atoms with Crippen LogP contribution in [0.15, 0.2) is 70.7 Å². The number of fused-ring (bicyclic) bond motifs is 1. The lowest BCUT2D eigenvalue weighted by Gasteiger charge is -2.29. The first kappa shape index (κ1) is 21.6. The highest BCUT2D eigenvalue weighted by Crippen LogP contribution is 2.31. The van der Waals surface area contributed by atoms with Gasteiger partial charge in [0.15, 0.2) is 5.17 Å². The van der Waals surface area contributed by atoms with Crippen LogP contribution in [0.2, 0.25) is 0 Å². The number of amidine groups is 1. The number of rotatable bonds is 5. The molecule has 1 amide bonds. The number of pyridine rings is 1. The summed E-state index contributed by atoms with van der Waals surface area (Å²) in [5, 5.41) is 14.1. The van der Waals surface area contributed by atoms with Crippen molar-refractivity contribution in [2.75, 3.05) is 37.8 Å². The molecule has 0 bridgehead atoms. The molecule has 2 aliphatic heterocycles. The Morgan fingerprint density at radius 3 is 2.79 bits per heavy atom. The van der Waals surface area contributed by atoms with Gasteiger partial charge in [0.25, 0.3) is 5.91 Å². The highest BCUT2D eigenvalue weighted by molar-refractivity contribution is 8.18. The van der Waals surface area contributed by atoms with E-state index in [1.54, 1.807) is 0 Å². The van der Waals surface area contributed by atoms with Crippen molar-refractivity contribution in [1.82, 2.24) is 10.3 Å². The van der Waals surface area contributed by atoms with E-state index in [0.717, 1.165) is 40.8 Å². The molecule has 2 aromatic carbocycles. The van der Waals surface area contributed by atoms with Crippen LogP contribution >= 0.6 is 11.8 Å². The number of anilines is 1. The lowest BCUT2D eigenvalue weighted by molar-refractivity contribution is -0.115. The van der Waals surface area contributed by atoms with Crippen molar-refractivity contribution in [1.29, 1.82) is 0 Å². The summed E-state index contributed by atoms with van der Waals surface area (Å²) in [7, 11) is 0. The maximum Gasteiger partial charge on any atom is 0.264 e. The number of ether oxygens (including phenoxy) is 1. The lowest BCUT2D eigenvalue weighted by atomic mass is 10.1. The van der Waals surface area contributed by atoms with Gasteiger partial charge in [0.1, 0.15) is 6.04 Å². The second-order valence-electron chi connectivity index (χ2n) is 7.81. The minimum atomic E-state index is -0.420. The molecule has 3 heterocycles. The number of aromatic nitrogens is 1. The standard InChI is InChI=1S/C25H24N4O3S/c30-16-21(18-4-2-1-3-5-18)27-25-28-24(31)23(33-25)15-17-6-7-20-19(14-17)22(8-9-26-20)29-10-12-32-13-11-29/h1-9,14-15,21,30H,10-13,16H2,(H,27,28,31)/b23-15-/t21-/m0/s1. The number of nitrogens with zero attached hydrogens (tertiary/aromatic N) is 3. The van der Waals surface area contributed by atoms with Gasteiger partial charge in [0.05, 0.1) is 30.2 Å². The summed E-state index contributed by atoms with van der Waals surface area (Å²) in [4.78, 5) is 24.5. The van der Waals surface area contributed by atoms with E-state index in [9.17, 15) is 9.90 Å². The van der Waals surface area contributed by atoms with Crippen molar-refractivity contribution < 1.29 is 14.6 Å². The van der Waals surface area contributed by atoms with Gasteiger partial charge in [-0.15, -0.1) is 0 Å². The van der Waals surface area contributed by atoms with Gasteiger partial charge in [-0.2, -0.15) is 0 Å². The number of hydrogen-bond donors (Lipinski definition) is 2. The molecule has 33 heavy (non-hydrogen) atoms. The topological polar surface area (TPSA) is 87.0 Å². The minimum Gasteiger partial charge on any atom is -0.394 e. The molecule has 0 aliphatic carbocycles. The molecule has 1 atom stereocenters. The Morgan fingerprint density at radius 1 is 1.18 bits per heavy atom. The van der Waals surface area contributed by atoms with Crippen molar-refractivity contribution >= 4 is 45.5 Å². The summed E-state index contributed by atoms with van der Waals surface area (Å²) in [6, 6.07) is 17.2. The van der Waals surface area contributed by atoms with E-state index in [1.165, 1.54) is 11.8 Å². The Balaban J connectivity index is 1.42. The number of hydrogen-bond acceptors (Lipinski definition) is 7. The highest BCUT2D eigenvalue weighted by Gasteiger charge is 2.25. The number of morpholine rings is 1. The van der Waals surface area contributed by atoms with Crippen LogP contribution in [0.3, 0.4) is 0 Å². The van der Waals surface area contributed by atoms with Crippen LogP contribution in [-0.2, 0) is 9.53 Å². The minimum absolute atomic E-state index is 0.134. The van der Waals surface area contributed by atoms with Crippen LogP contribution in [0, 0.1) is 0 Å². The summed E-state index contributed by atoms with van der Waals surface area (Å²) in [6.45, 7) is 2.98. The normalized spacial score (nSPS) is 19.9. The lowest BCUT2D eigenvalue weighted by Crippen LogP contribution is -2.36. The fraction of sp³-hybridized carbons (Fsp3) is 0.240. The van der Waals surface area contributed by atoms with E-state index in [4.69, 9.17) is 4.74 Å². The van der Waals surface area contributed by atoms with Gasteiger partial charge in [-0.1, -0.05) is 36.4 Å². The third-order valence-corrected chi connectivity index (χ3v) is 6.60. The summed E-state index contributed by atoms with van der Waals surface area (Å²) in [6.07, 6.45) is 3.70. The van der Waals surface area contributed by atoms with Crippen LogP contribution in [0.5, 0.6) is 0 Å². The van der Waals surface area contributed by atoms with Crippen LogP contribution < -0.4 is 10.2 Å². The Bertz CT molecular complexity index is 1220. The molecule has 2 N–H and O–H groups in total. The van der Waals surface area contributed by atoms with Gasteiger partial charge in [0, 0.05) is 30.4 Å². The number of carbonyl (C=O) groups excluding carboxylic acids is 1. The molecular formula is C25H24N4O3S. The smallest absolute Gasteiger partial charge is 0.264 e. The SMILES string of the molecule is O=C1NC(=N[C@@H](CO)c2ccccc2)S/C1=C\c1ccc2nccc(N3CCOCC3)c2c1. The fourth-order valence-corrected chi connectivity index (χ4v) is 4.87. The number of amides is 1. The number of nitrogens with one attached hydrogen (secondary N) is 1. The predicted octanol–water partition coefficient (Wildman–Crippen LogP) is 3.36. The molecule has 5 rings (SSSR count). The van der Waals surface area contributed by atoms with E-state index in [2.05, 4.69) is 26.3 Å². The van der Waals surface area contributed by atoms with Crippen LogP contribution in [0.1, 0.15) is 17.2 Å². The van der Waals surface area contributed by atoms with Gasteiger partial charge in [0.2, 0.25) is 0 Å². The summed E-state index contributed by atoms with van der Waals surface area (Å²) < 4.78 is 5.49. The Kier molecular flexibility index (Phi) is 6.39. The first-order valence-corrected chi connectivity index (χ1v) is 11.7. The average Bonchev–Trinajstić information content (AvgIpc) is 3.21. The van der Waals surface area contributed by atoms with E-state index in [-0.39, 0.29) is 12.5 Å². The monoisotopic (exact) mass is 460 g/mol. The molecule has 2 fully saturated rings. The van der Waals surface area contributed by atoms with Crippen LogP contribution in [-0.4, -0.2) is 54.1 Å². The van der Waals surface area contributed by atoms with Crippen molar-refractivity contribution in [3.63, 3.8) is 0 Å². The third kappa shape index (κ3) is 4.78. The Hall–Kier alpha value is -3.20.